The average molecular weight is 272 g/mol. The van der Waals surface area contributed by atoms with E-state index in [1.54, 1.807) is 17.9 Å². The number of amides is 1. The molecular weight excluding hydrogens is 256 g/mol. The van der Waals surface area contributed by atoms with Crippen molar-refractivity contribution in [1.29, 1.82) is 0 Å². The van der Waals surface area contributed by atoms with Crippen LogP contribution in [-0.2, 0) is 10.0 Å². The summed E-state index contributed by atoms with van der Waals surface area (Å²) in [5.41, 5.74) is 0.534. The van der Waals surface area contributed by atoms with Gasteiger partial charge in [0, 0.05) is 13.1 Å². The molecule has 0 aliphatic carbocycles. The van der Waals surface area contributed by atoms with E-state index in [9.17, 15) is 13.2 Å². The summed E-state index contributed by atoms with van der Waals surface area (Å²) in [7, 11) is -3.48. The lowest BCUT2D eigenvalue weighted by Gasteiger charge is -2.15. The van der Waals surface area contributed by atoms with Crippen molar-refractivity contribution in [2.75, 3.05) is 18.8 Å². The Bertz CT molecular complexity index is 549. The molecule has 6 nitrogen and oxygen atoms in total. The van der Waals surface area contributed by atoms with Crippen molar-refractivity contribution in [2.24, 2.45) is 11.1 Å². The summed E-state index contributed by atoms with van der Waals surface area (Å²) in [5.74, 6) is 0.324. The van der Waals surface area contributed by atoms with Crippen LogP contribution >= 0.6 is 0 Å². The number of primary sulfonamides is 1. The topological polar surface area (TPSA) is 93.6 Å². The molecule has 1 fully saturated rings. The smallest absolute Gasteiger partial charge is 0.257 e. The minimum atomic E-state index is -3.48. The van der Waals surface area contributed by atoms with Crippen molar-refractivity contribution in [1.82, 2.24) is 4.90 Å². The van der Waals surface area contributed by atoms with E-state index in [0.29, 0.717) is 30.8 Å². The second kappa shape index (κ2) is 4.74. The fraction of sp³-hybridized carbons (Fsp3) is 0.545. The third-order valence-corrected chi connectivity index (χ3v) is 4.07. The Kier molecular flexibility index (Phi) is 3.45. The first-order valence-corrected chi connectivity index (χ1v) is 7.42. The van der Waals surface area contributed by atoms with Crippen LogP contribution in [0.15, 0.2) is 16.7 Å². The lowest BCUT2D eigenvalue weighted by Crippen LogP contribution is -2.30. The van der Waals surface area contributed by atoms with Crippen molar-refractivity contribution in [2.45, 2.75) is 13.3 Å². The number of likely N-dealkylation sites (tertiary alicyclic amines) is 1. The number of nitrogens with zero attached hydrogens (tertiary/aromatic N) is 1. The number of furan rings is 1. The van der Waals surface area contributed by atoms with E-state index in [1.807, 2.05) is 0 Å². The molecule has 1 aliphatic rings. The second-order valence-electron chi connectivity index (χ2n) is 4.63. The molecule has 2 heterocycles. The maximum absolute atomic E-state index is 12.1. The van der Waals surface area contributed by atoms with Crippen molar-refractivity contribution >= 4 is 15.9 Å². The van der Waals surface area contributed by atoms with E-state index in [-0.39, 0.29) is 17.6 Å². The average Bonchev–Trinajstić information content (AvgIpc) is 2.84. The van der Waals surface area contributed by atoms with Crippen LogP contribution in [0.3, 0.4) is 0 Å². The molecule has 0 spiro atoms. The Morgan fingerprint density at radius 2 is 2.33 bits per heavy atom. The van der Waals surface area contributed by atoms with E-state index in [4.69, 9.17) is 9.56 Å². The van der Waals surface area contributed by atoms with Crippen molar-refractivity contribution in [3.63, 3.8) is 0 Å². The van der Waals surface area contributed by atoms with Crippen LogP contribution < -0.4 is 5.14 Å². The van der Waals surface area contributed by atoms with Gasteiger partial charge < -0.3 is 9.32 Å². The first kappa shape index (κ1) is 13.1. The van der Waals surface area contributed by atoms with Gasteiger partial charge in [0.15, 0.2) is 0 Å². The maximum Gasteiger partial charge on any atom is 0.257 e. The van der Waals surface area contributed by atoms with E-state index >= 15 is 0 Å². The molecule has 1 amide bonds. The summed E-state index contributed by atoms with van der Waals surface area (Å²) in [6.45, 7) is 2.72. The van der Waals surface area contributed by atoms with Crippen molar-refractivity contribution < 1.29 is 17.6 Å². The van der Waals surface area contributed by atoms with Gasteiger partial charge in [0.05, 0.1) is 17.6 Å². The molecule has 100 valence electrons. The first-order valence-electron chi connectivity index (χ1n) is 5.70. The number of carbonyl (C=O) groups is 1. The van der Waals surface area contributed by atoms with Crippen molar-refractivity contribution in [3.8, 4) is 0 Å². The number of hydrogen-bond donors (Lipinski definition) is 1. The predicted octanol–water partition coefficient (Wildman–Crippen LogP) is 0.339. The molecule has 1 atom stereocenters. The zero-order valence-corrected chi connectivity index (χ0v) is 10.9. The fourth-order valence-electron chi connectivity index (χ4n) is 2.26. The van der Waals surface area contributed by atoms with Crippen LogP contribution in [-0.4, -0.2) is 38.1 Å². The van der Waals surface area contributed by atoms with Gasteiger partial charge in [0.2, 0.25) is 10.0 Å². The zero-order valence-electron chi connectivity index (χ0n) is 10.1. The van der Waals surface area contributed by atoms with Crippen LogP contribution in [0.2, 0.25) is 0 Å². The van der Waals surface area contributed by atoms with Gasteiger partial charge in [-0.15, -0.1) is 0 Å². The van der Waals surface area contributed by atoms with E-state index in [0.717, 1.165) is 0 Å². The van der Waals surface area contributed by atoms with Gasteiger partial charge in [-0.1, -0.05) is 0 Å². The molecule has 1 saturated heterocycles. The van der Waals surface area contributed by atoms with Gasteiger partial charge in [0.25, 0.3) is 5.91 Å². The Labute approximate surface area is 106 Å². The summed E-state index contributed by atoms with van der Waals surface area (Å²) in [4.78, 5) is 13.8. The van der Waals surface area contributed by atoms with Crippen molar-refractivity contribution in [3.05, 3.63) is 23.7 Å². The largest absolute Gasteiger partial charge is 0.469 e. The molecule has 0 radical (unpaired) electrons. The van der Waals surface area contributed by atoms with Crippen LogP contribution in [0.1, 0.15) is 22.5 Å². The number of aryl methyl sites for hydroxylation is 1. The molecule has 1 unspecified atom stereocenters. The van der Waals surface area contributed by atoms with Gasteiger partial charge in [0.1, 0.15) is 5.76 Å². The minimum Gasteiger partial charge on any atom is -0.469 e. The predicted molar refractivity (Wildman–Crippen MR) is 65.4 cm³/mol. The lowest BCUT2D eigenvalue weighted by atomic mass is 10.2. The molecule has 1 aliphatic heterocycles. The highest BCUT2D eigenvalue weighted by atomic mass is 32.2. The summed E-state index contributed by atoms with van der Waals surface area (Å²) >= 11 is 0. The van der Waals surface area contributed by atoms with E-state index in [1.165, 1.54) is 6.26 Å². The number of nitrogens with two attached hydrogens (primary N) is 1. The molecule has 0 bridgehead atoms. The third kappa shape index (κ3) is 2.91. The lowest BCUT2D eigenvalue weighted by molar-refractivity contribution is 0.0786. The normalized spacial score (nSPS) is 20.3. The summed E-state index contributed by atoms with van der Waals surface area (Å²) in [6.07, 6.45) is 2.14. The van der Waals surface area contributed by atoms with Crippen LogP contribution in [0, 0.1) is 12.8 Å². The highest BCUT2D eigenvalue weighted by Crippen LogP contribution is 2.21. The SMILES string of the molecule is Cc1occc1C(=O)N1CCC(CS(N)(=O)=O)C1. The number of sulfonamides is 1. The monoisotopic (exact) mass is 272 g/mol. The van der Waals surface area contributed by atoms with Gasteiger partial charge >= 0.3 is 0 Å². The Hall–Kier alpha value is -1.34. The molecular formula is C11H16N2O4S. The Morgan fingerprint density at radius 1 is 1.61 bits per heavy atom. The van der Waals surface area contributed by atoms with Gasteiger partial charge in [-0.05, 0) is 25.3 Å². The highest BCUT2D eigenvalue weighted by molar-refractivity contribution is 7.89. The first-order chi connectivity index (χ1) is 8.37. The number of hydrogen-bond acceptors (Lipinski definition) is 4. The molecule has 1 aromatic heterocycles. The van der Waals surface area contributed by atoms with Crippen LogP contribution in [0.4, 0.5) is 0 Å². The number of carbonyl (C=O) groups excluding carboxylic acids is 1. The molecule has 1 aromatic rings. The zero-order chi connectivity index (χ0) is 13.3. The second-order valence-corrected chi connectivity index (χ2v) is 6.28. The maximum atomic E-state index is 12.1. The third-order valence-electron chi connectivity index (χ3n) is 3.13. The van der Waals surface area contributed by atoms with Gasteiger partial charge in [-0.3, -0.25) is 4.79 Å². The molecule has 2 N–H and O–H groups in total. The Morgan fingerprint density at radius 3 is 2.89 bits per heavy atom. The number of rotatable bonds is 3. The molecule has 0 aromatic carbocycles. The minimum absolute atomic E-state index is 0.0683. The fourth-order valence-corrected chi connectivity index (χ4v) is 3.19. The molecule has 7 heteroatoms. The molecule has 18 heavy (non-hydrogen) atoms. The highest BCUT2D eigenvalue weighted by Gasteiger charge is 2.30. The molecule has 0 saturated carbocycles. The van der Waals surface area contributed by atoms with Crippen LogP contribution in [0.5, 0.6) is 0 Å². The quantitative estimate of drug-likeness (QED) is 0.858. The standard InChI is InChI=1S/C11H16N2O4S/c1-8-10(3-5-17-8)11(14)13-4-2-9(6-13)7-18(12,15)16/h3,5,9H,2,4,6-7H2,1H3,(H2,12,15,16). The Balaban J connectivity index is 2.01. The van der Waals surface area contributed by atoms with Crippen LogP contribution in [0.25, 0.3) is 0 Å². The van der Waals surface area contributed by atoms with E-state index < -0.39 is 10.0 Å². The van der Waals surface area contributed by atoms with Gasteiger partial charge in [-0.25, -0.2) is 13.6 Å². The van der Waals surface area contributed by atoms with Gasteiger partial charge in [-0.2, -0.15) is 0 Å². The summed E-state index contributed by atoms with van der Waals surface area (Å²) in [6, 6.07) is 1.63. The summed E-state index contributed by atoms with van der Waals surface area (Å²) < 4.78 is 27.1. The van der Waals surface area contributed by atoms with E-state index in [2.05, 4.69) is 0 Å². The summed E-state index contributed by atoms with van der Waals surface area (Å²) in [5, 5.41) is 5.01. The molecule has 2 rings (SSSR count).